The van der Waals surface area contributed by atoms with Crippen molar-refractivity contribution in [3.05, 3.63) is 0 Å². The van der Waals surface area contributed by atoms with Gasteiger partial charge in [0, 0.05) is 6.04 Å². The number of rotatable bonds is 1. The van der Waals surface area contributed by atoms with E-state index in [1.165, 1.54) is 38.8 Å². The molecule has 2 rings (SSSR count). The van der Waals surface area contributed by atoms with Crippen LogP contribution in [0.15, 0.2) is 0 Å². The molecule has 1 heterocycles. The Bertz CT molecular complexity index is 241. The van der Waals surface area contributed by atoms with Gasteiger partial charge in [-0.3, -0.25) is 0 Å². The van der Waals surface area contributed by atoms with Crippen molar-refractivity contribution in [3.8, 4) is 0 Å². The third kappa shape index (κ3) is 2.03. The van der Waals surface area contributed by atoms with Crippen LogP contribution < -0.4 is 0 Å². The summed E-state index contributed by atoms with van der Waals surface area (Å²) in [7, 11) is 0. The predicted octanol–water partition coefficient (Wildman–Crippen LogP) is 3.93. The van der Waals surface area contributed by atoms with E-state index in [1.54, 1.807) is 0 Å². The molecule has 1 aliphatic carbocycles. The van der Waals surface area contributed by atoms with Crippen LogP contribution in [0.5, 0.6) is 0 Å². The summed E-state index contributed by atoms with van der Waals surface area (Å²) >= 11 is 0. The maximum atomic E-state index is 2.66. The minimum Gasteiger partial charge on any atom is -0.301 e. The first-order valence-corrected chi connectivity index (χ1v) is 7.09. The maximum Gasteiger partial charge on any atom is 0.00385 e. The molecule has 1 saturated carbocycles. The smallest absolute Gasteiger partial charge is 0.00385 e. The minimum absolute atomic E-state index is 0.526. The van der Waals surface area contributed by atoms with Gasteiger partial charge in [-0.15, -0.1) is 0 Å². The minimum atomic E-state index is 0.526. The first-order valence-electron chi connectivity index (χ1n) is 7.09. The lowest BCUT2D eigenvalue weighted by Gasteiger charge is -2.59. The van der Waals surface area contributed by atoms with Crippen molar-refractivity contribution in [3.63, 3.8) is 0 Å². The van der Waals surface area contributed by atoms with Gasteiger partial charge in [-0.1, -0.05) is 20.8 Å². The second kappa shape index (κ2) is 4.01. The number of piperidine rings is 1. The van der Waals surface area contributed by atoms with Gasteiger partial charge in [0.25, 0.3) is 0 Å². The summed E-state index contributed by atoms with van der Waals surface area (Å²) in [5.74, 6) is 0.981. The molecule has 0 amide bonds. The largest absolute Gasteiger partial charge is 0.301 e. The standard InChI is InChI=1S/C15H29N/c1-12(2)16-10-8-15(9-11-16)7-6-13(15)14(3,4)5/h12-13H,6-11H2,1-5H3. The van der Waals surface area contributed by atoms with Gasteiger partial charge in [-0.05, 0) is 69.4 Å². The lowest BCUT2D eigenvalue weighted by molar-refractivity contribution is -0.0909. The van der Waals surface area contributed by atoms with Crippen molar-refractivity contribution in [2.24, 2.45) is 16.7 Å². The fourth-order valence-electron chi connectivity index (χ4n) is 4.13. The highest BCUT2D eigenvalue weighted by Gasteiger charge is 2.52. The molecule has 1 aliphatic heterocycles. The zero-order chi connectivity index (χ0) is 12.0. The van der Waals surface area contributed by atoms with Gasteiger partial charge in [0.15, 0.2) is 0 Å². The number of likely N-dealkylation sites (tertiary alicyclic amines) is 1. The Balaban J connectivity index is 1.98. The molecule has 0 radical (unpaired) electrons. The van der Waals surface area contributed by atoms with Gasteiger partial charge in [-0.2, -0.15) is 0 Å². The first kappa shape index (κ1) is 12.4. The van der Waals surface area contributed by atoms with E-state index in [-0.39, 0.29) is 0 Å². The molecule has 1 atom stereocenters. The van der Waals surface area contributed by atoms with Gasteiger partial charge in [0.2, 0.25) is 0 Å². The van der Waals surface area contributed by atoms with Crippen molar-refractivity contribution >= 4 is 0 Å². The Morgan fingerprint density at radius 2 is 1.62 bits per heavy atom. The van der Waals surface area contributed by atoms with Crippen molar-refractivity contribution in [1.82, 2.24) is 4.90 Å². The number of hydrogen-bond donors (Lipinski definition) is 0. The van der Waals surface area contributed by atoms with Crippen LogP contribution in [0.4, 0.5) is 0 Å². The van der Waals surface area contributed by atoms with E-state index in [9.17, 15) is 0 Å². The SMILES string of the molecule is CC(C)N1CCC2(CCC2C(C)(C)C)CC1. The van der Waals surface area contributed by atoms with Crippen molar-refractivity contribution in [2.45, 2.75) is 66.3 Å². The molecule has 1 spiro atoms. The summed E-state index contributed by atoms with van der Waals surface area (Å²) in [6.45, 7) is 14.7. The number of hydrogen-bond acceptors (Lipinski definition) is 1. The fourth-order valence-corrected chi connectivity index (χ4v) is 4.13. The van der Waals surface area contributed by atoms with Crippen LogP contribution >= 0.6 is 0 Å². The summed E-state index contributed by atoms with van der Waals surface area (Å²) in [6, 6.07) is 0.741. The molecule has 1 nitrogen and oxygen atoms in total. The Hall–Kier alpha value is -0.0400. The summed E-state index contributed by atoms with van der Waals surface area (Å²) in [5, 5.41) is 0. The molecule has 2 fully saturated rings. The second-order valence-corrected chi connectivity index (χ2v) is 7.45. The van der Waals surface area contributed by atoms with Crippen LogP contribution in [0.3, 0.4) is 0 Å². The average molecular weight is 223 g/mol. The van der Waals surface area contributed by atoms with E-state index >= 15 is 0 Å². The quantitative estimate of drug-likeness (QED) is 0.651. The van der Waals surface area contributed by atoms with E-state index in [4.69, 9.17) is 0 Å². The molecule has 0 aromatic carbocycles. The van der Waals surface area contributed by atoms with Crippen molar-refractivity contribution in [1.29, 1.82) is 0 Å². The molecule has 1 heteroatoms. The Morgan fingerprint density at radius 1 is 1.06 bits per heavy atom. The van der Waals surface area contributed by atoms with Crippen LogP contribution in [0.1, 0.15) is 60.3 Å². The molecule has 0 aromatic heterocycles. The molecule has 1 saturated heterocycles. The van der Waals surface area contributed by atoms with Gasteiger partial charge in [0.05, 0.1) is 0 Å². The summed E-state index contributed by atoms with van der Waals surface area (Å²) in [4.78, 5) is 2.66. The second-order valence-electron chi connectivity index (χ2n) is 7.45. The number of nitrogens with zero attached hydrogens (tertiary/aromatic N) is 1. The highest BCUT2D eigenvalue weighted by Crippen LogP contribution is 2.59. The van der Waals surface area contributed by atoms with Gasteiger partial charge >= 0.3 is 0 Å². The monoisotopic (exact) mass is 223 g/mol. The molecular formula is C15H29N. The Labute approximate surface area is 102 Å². The molecule has 0 aromatic rings. The van der Waals surface area contributed by atoms with E-state index < -0.39 is 0 Å². The molecule has 1 unspecified atom stereocenters. The van der Waals surface area contributed by atoms with Crippen LogP contribution in [0.2, 0.25) is 0 Å². The van der Waals surface area contributed by atoms with E-state index in [1.807, 2.05) is 0 Å². The normalized spacial score (nSPS) is 30.8. The zero-order valence-corrected chi connectivity index (χ0v) is 11.8. The highest BCUT2D eigenvalue weighted by molar-refractivity contribution is 5.02. The summed E-state index contributed by atoms with van der Waals surface area (Å²) in [5.41, 5.74) is 1.25. The van der Waals surface area contributed by atoms with E-state index in [2.05, 4.69) is 39.5 Å². The summed E-state index contributed by atoms with van der Waals surface area (Å²) in [6.07, 6.45) is 5.88. The maximum absolute atomic E-state index is 2.66. The Kier molecular flexibility index (Phi) is 3.11. The zero-order valence-electron chi connectivity index (χ0n) is 11.8. The van der Waals surface area contributed by atoms with Crippen LogP contribution in [-0.4, -0.2) is 24.0 Å². The third-order valence-corrected chi connectivity index (χ3v) is 5.24. The average Bonchev–Trinajstić information content (AvgIpc) is 2.13. The van der Waals surface area contributed by atoms with Crippen molar-refractivity contribution in [2.75, 3.05) is 13.1 Å². The molecule has 16 heavy (non-hydrogen) atoms. The summed E-state index contributed by atoms with van der Waals surface area (Å²) < 4.78 is 0. The fraction of sp³-hybridized carbons (Fsp3) is 1.00. The molecule has 94 valence electrons. The van der Waals surface area contributed by atoms with Crippen LogP contribution in [0.25, 0.3) is 0 Å². The topological polar surface area (TPSA) is 3.24 Å². The van der Waals surface area contributed by atoms with Gasteiger partial charge in [0.1, 0.15) is 0 Å². The van der Waals surface area contributed by atoms with Gasteiger partial charge < -0.3 is 4.90 Å². The predicted molar refractivity (Wildman–Crippen MR) is 70.6 cm³/mol. The molecule has 2 aliphatic rings. The van der Waals surface area contributed by atoms with Gasteiger partial charge in [-0.25, -0.2) is 0 Å². The van der Waals surface area contributed by atoms with E-state index in [0.717, 1.165) is 17.4 Å². The van der Waals surface area contributed by atoms with E-state index in [0.29, 0.717) is 5.41 Å². The lowest BCUT2D eigenvalue weighted by Crippen LogP contribution is -2.54. The van der Waals surface area contributed by atoms with Crippen molar-refractivity contribution < 1.29 is 0 Å². The van der Waals surface area contributed by atoms with Crippen LogP contribution in [0, 0.1) is 16.7 Å². The first-order chi connectivity index (χ1) is 7.35. The Morgan fingerprint density at radius 3 is 1.94 bits per heavy atom. The molecule has 0 bridgehead atoms. The third-order valence-electron chi connectivity index (χ3n) is 5.24. The highest BCUT2D eigenvalue weighted by atomic mass is 15.2. The van der Waals surface area contributed by atoms with Crippen LogP contribution in [-0.2, 0) is 0 Å². The molecule has 0 N–H and O–H groups in total. The molecular weight excluding hydrogens is 194 g/mol. The lowest BCUT2D eigenvalue weighted by atomic mass is 9.49.